The summed E-state index contributed by atoms with van der Waals surface area (Å²) in [6.45, 7) is 3.45. The number of piperidine rings is 1. The molecule has 9 heteroatoms. The van der Waals surface area contributed by atoms with Crippen LogP contribution in [0.1, 0.15) is 41.6 Å². The first kappa shape index (κ1) is 23.1. The number of carbonyl (C=O) groups is 1. The molecular weight excluding hydrogens is 508 g/mol. The summed E-state index contributed by atoms with van der Waals surface area (Å²) in [5.74, 6) is -1.52. The van der Waals surface area contributed by atoms with Crippen molar-refractivity contribution < 1.29 is 22.8 Å². The molecular formula is C25H24BrF2N3O3. The molecule has 0 bridgehead atoms. The zero-order valence-electron chi connectivity index (χ0n) is 18.6. The van der Waals surface area contributed by atoms with Gasteiger partial charge in [-0.25, -0.2) is 8.78 Å². The van der Waals surface area contributed by atoms with E-state index in [0.717, 1.165) is 11.1 Å². The molecule has 2 aliphatic rings. The van der Waals surface area contributed by atoms with Crippen molar-refractivity contribution in [3.05, 3.63) is 74.9 Å². The van der Waals surface area contributed by atoms with Gasteiger partial charge < -0.3 is 19.9 Å². The van der Waals surface area contributed by atoms with Crippen molar-refractivity contribution in [1.82, 2.24) is 15.8 Å². The standard InChI is InChI=1S/C25H24BrF2N3O3/c1-14(32)30-8-6-15-4-2-3-5-17(15)24-22(26)23(31-34-24)19-12-29-9-7-25(19)18-11-21(28)20(27)10-16(18)13-33-25/h2-5,10-11,19,29H,6-9,12-13H2,1H3,(H,30,32)/t19-,25+/m1/s1. The normalized spacial score (nSPS) is 21.6. The van der Waals surface area contributed by atoms with Gasteiger partial charge >= 0.3 is 0 Å². The number of nitrogens with zero attached hydrogens (tertiary/aromatic N) is 1. The van der Waals surface area contributed by atoms with Crippen LogP contribution in [0.5, 0.6) is 0 Å². The second-order valence-electron chi connectivity index (χ2n) is 8.71. The number of aromatic nitrogens is 1. The van der Waals surface area contributed by atoms with Crippen LogP contribution in [0.15, 0.2) is 45.4 Å². The number of rotatable bonds is 5. The van der Waals surface area contributed by atoms with Gasteiger partial charge in [-0.05, 0) is 64.1 Å². The minimum Gasteiger partial charge on any atom is -0.365 e. The highest BCUT2D eigenvalue weighted by molar-refractivity contribution is 9.10. The molecule has 3 heterocycles. The third kappa shape index (κ3) is 3.95. The number of halogens is 3. The highest BCUT2D eigenvalue weighted by atomic mass is 79.9. The number of fused-ring (bicyclic) bond motifs is 2. The Kier molecular flexibility index (Phi) is 6.26. The summed E-state index contributed by atoms with van der Waals surface area (Å²) in [6.07, 6.45) is 1.23. The summed E-state index contributed by atoms with van der Waals surface area (Å²) in [7, 11) is 0. The average Bonchev–Trinajstić information content (AvgIpc) is 3.36. The summed E-state index contributed by atoms with van der Waals surface area (Å²) >= 11 is 3.70. The second-order valence-corrected chi connectivity index (χ2v) is 9.50. The van der Waals surface area contributed by atoms with Gasteiger partial charge in [-0.15, -0.1) is 0 Å². The van der Waals surface area contributed by atoms with Crippen LogP contribution in [0.4, 0.5) is 8.78 Å². The maximum atomic E-state index is 14.2. The molecule has 5 rings (SSSR count). The molecule has 3 aromatic rings. The van der Waals surface area contributed by atoms with E-state index in [1.54, 1.807) is 0 Å². The van der Waals surface area contributed by atoms with Gasteiger partial charge in [-0.2, -0.15) is 0 Å². The molecule has 2 aliphatic heterocycles. The highest BCUT2D eigenvalue weighted by Gasteiger charge is 2.51. The number of benzene rings is 2. The van der Waals surface area contributed by atoms with Gasteiger partial charge in [0.1, 0.15) is 11.3 Å². The molecule has 2 atom stereocenters. The van der Waals surface area contributed by atoms with Crippen molar-refractivity contribution in [2.45, 2.75) is 37.9 Å². The molecule has 0 aliphatic carbocycles. The molecule has 0 saturated carbocycles. The Hall–Kier alpha value is -2.62. The SMILES string of the molecule is CC(=O)NCCc1ccccc1-c1onc([C@H]2CNCC[C@@]23OCc2cc(F)c(F)cc23)c1Br. The monoisotopic (exact) mass is 531 g/mol. The fourth-order valence-electron chi connectivity index (χ4n) is 5.07. The largest absolute Gasteiger partial charge is 0.365 e. The van der Waals surface area contributed by atoms with Crippen LogP contribution >= 0.6 is 15.9 Å². The average molecular weight is 532 g/mol. The second kappa shape index (κ2) is 9.20. The Bertz CT molecular complexity index is 1250. The molecule has 1 saturated heterocycles. The zero-order chi connectivity index (χ0) is 23.9. The van der Waals surface area contributed by atoms with Gasteiger partial charge in [-0.1, -0.05) is 29.4 Å². The van der Waals surface area contributed by atoms with E-state index < -0.39 is 17.2 Å². The van der Waals surface area contributed by atoms with E-state index in [2.05, 4.69) is 31.7 Å². The van der Waals surface area contributed by atoms with Crippen LogP contribution in [0, 0.1) is 11.6 Å². The van der Waals surface area contributed by atoms with Crippen molar-refractivity contribution in [2.75, 3.05) is 19.6 Å². The maximum absolute atomic E-state index is 14.2. The third-order valence-electron chi connectivity index (χ3n) is 6.69. The van der Waals surface area contributed by atoms with Gasteiger partial charge in [0.15, 0.2) is 17.4 Å². The predicted molar refractivity (Wildman–Crippen MR) is 125 cm³/mol. The smallest absolute Gasteiger partial charge is 0.216 e. The molecule has 1 spiro atoms. The lowest BCUT2D eigenvalue weighted by Gasteiger charge is -2.40. The predicted octanol–water partition coefficient (Wildman–Crippen LogP) is 4.56. The lowest BCUT2D eigenvalue weighted by atomic mass is 9.74. The molecule has 1 fully saturated rings. The lowest BCUT2D eigenvalue weighted by Crippen LogP contribution is -2.46. The van der Waals surface area contributed by atoms with Crippen LogP contribution in [0.2, 0.25) is 0 Å². The van der Waals surface area contributed by atoms with E-state index in [4.69, 9.17) is 9.26 Å². The van der Waals surface area contributed by atoms with Crippen LogP contribution in [0.3, 0.4) is 0 Å². The zero-order valence-corrected chi connectivity index (χ0v) is 20.2. The molecule has 2 N–H and O–H groups in total. The van der Waals surface area contributed by atoms with E-state index in [9.17, 15) is 13.6 Å². The number of ether oxygens (including phenoxy) is 1. The van der Waals surface area contributed by atoms with Crippen LogP contribution in [0.25, 0.3) is 11.3 Å². The first-order chi connectivity index (χ1) is 16.4. The maximum Gasteiger partial charge on any atom is 0.216 e. The summed E-state index contributed by atoms with van der Waals surface area (Å²) in [4.78, 5) is 11.3. The van der Waals surface area contributed by atoms with E-state index in [-0.39, 0.29) is 18.4 Å². The van der Waals surface area contributed by atoms with Gasteiger partial charge in [0.25, 0.3) is 0 Å². The van der Waals surface area contributed by atoms with E-state index in [1.807, 2.05) is 24.3 Å². The minimum absolute atomic E-state index is 0.0797. The number of hydrogen-bond acceptors (Lipinski definition) is 5. The number of amides is 1. The van der Waals surface area contributed by atoms with Gasteiger partial charge in [0.05, 0.1) is 17.0 Å². The Morgan fingerprint density at radius 3 is 2.91 bits per heavy atom. The number of carbonyl (C=O) groups excluding carboxylic acids is 1. The van der Waals surface area contributed by atoms with Crippen molar-refractivity contribution in [3.8, 4) is 11.3 Å². The van der Waals surface area contributed by atoms with Crippen LogP contribution in [-0.4, -0.2) is 30.7 Å². The Morgan fingerprint density at radius 2 is 2.09 bits per heavy atom. The van der Waals surface area contributed by atoms with Crippen molar-refractivity contribution >= 4 is 21.8 Å². The van der Waals surface area contributed by atoms with Crippen molar-refractivity contribution in [1.29, 1.82) is 0 Å². The first-order valence-corrected chi connectivity index (χ1v) is 12.0. The number of nitrogens with one attached hydrogen (secondary N) is 2. The Morgan fingerprint density at radius 1 is 1.29 bits per heavy atom. The summed E-state index contributed by atoms with van der Waals surface area (Å²) < 4.78 is 40.9. The third-order valence-corrected chi connectivity index (χ3v) is 7.46. The summed E-state index contributed by atoms with van der Waals surface area (Å²) in [6, 6.07) is 10.3. The van der Waals surface area contributed by atoms with Gasteiger partial charge in [0.2, 0.25) is 5.91 Å². The Balaban J connectivity index is 1.52. The molecule has 6 nitrogen and oxygen atoms in total. The highest BCUT2D eigenvalue weighted by Crippen LogP contribution is 2.52. The molecule has 0 radical (unpaired) electrons. The molecule has 2 aromatic carbocycles. The Labute approximate surface area is 204 Å². The first-order valence-electron chi connectivity index (χ1n) is 11.2. The van der Waals surface area contributed by atoms with Gasteiger partial charge in [-0.3, -0.25) is 4.79 Å². The summed E-state index contributed by atoms with van der Waals surface area (Å²) in [5.41, 5.74) is 3.06. The lowest BCUT2D eigenvalue weighted by molar-refractivity contribution is -0.118. The van der Waals surface area contributed by atoms with Crippen molar-refractivity contribution in [3.63, 3.8) is 0 Å². The topological polar surface area (TPSA) is 76.4 Å². The quantitative estimate of drug-likeness (QED) is 0.504. The summed E-state index contributed by atoms with van der Waals surface area (Å²) in [5, 5.41) is 10.6. The van der Waals surface area contributed by atoms with Crippen LogP contribution < -0.4 is 10.6 Å². The fourth-order valence-corrected chi connectivity index (χ4v) is 5.70. The molecule has 34 heavy (non-hydrogen) atoms. The van der Waals surface area contributed by atoms with Crippen molar-refractivity contribution in [2.24, 2.45) is 0 Å². The van der Waals surface area contributed by atoms with E-state index in [0.29, 0.717) is 59.5 Å². The van der Waals surface area contributed by atoms with Crippen LogP contribution in [-0.2, 0) is 28.2 Å². The van der Waals surface area contributed by atoms with E-state index >= 15 is 0 Å². The number of hydrogen-bond donors (Lipinski definition) is 2. The molecule has 0 unspecified atom stereocenters. The van der Waals surface area contributed by atoms with E-state index in [1.165, 1.54) is 19.1 Å². The molecule has 178 valence electrons. The van der Waals surface area contributed by atoms with Gasteiger partial charge in [0, 0.05) is 25.6 Å². The molecule has 1 aromatic heterocycles. The minimum atomic E-state index is -0.881. The molecule has 1 amide bonds. The fraction of sp³-hybridized carbons (Fsp3) is 0.360.